The summed E-state index contributed by atoms with van der Waals surface area (Å²) < 4.78 is 3.74. The summed E-state index contributed by atoms with van der Waals surface area (Å²) in [5.74, 6) is -0.652. The maximum Gasteiger partial charge on any atom is 0.273 e. The van der Waals surface area contributed by atoms with E-state index in [1.807, 2.05) is 13.8 Å². The molecule has 2 aromatic heterocycles. The Morgan fingerprint density at radius 2 is 2.05 bits per heavy atom. The van der Waals surface area contributed by atoms with Gasteiger partial charge in [-0.1, -0.05) is 18.3 Å². The van der Waals surface area contributed by atoms with Gasteiger partial charge in [-0.2, -0.15) is 5.10 Å². The maximum absolute atomic E-state index is 12.3. The number of carbonyl (C=O) groups is 2. The lowest BCUT2D eigenvalue weighted by Crippen LogP contribution is -2.26. The van der Waals surface area contributed by atoms with Gasteiger partial charge < -0.3 is 10.6 Å². The van der Waals surface area contributed by atoms with Crippen LogP contribution >= 0.6 is 11.5 Å². The van der Waals surface area contributed by atoms with Gasteiger partial charge in [0.15, 0.2) is 5.69 Å². The van der Waals surface area contributed by atoms with Gasteiger partial charge in [0, 0.05) is 6.54 Å². The molecule has 0 bridgehead atoms. The Bertz CT molecular complexity index is 678. The fraction of sp³-hybridized carbons (Fsp3) is 0.462. The number of aryl methyl sites for hydroxylation is 2. The molecule has 0 saturated carbocycles. The predicted molar refractivity (Wildman–Crippen MR) is 83.2 cm³/mol. The molecule has 0 aliphatic heterocycles. The lowest BCUT2D eigenvalue weighted by Gasteiger charge is -2.07. The molecule has 0 radical (unpaired) electrons. The standard InChI is InChI=1S/C13H18N6O2S/c1-4-6-14-12(20)10-9(8(5-2)17-18-10)15-13(21)11-7(3)16-19-22-11/h4-6H2,1-3H3,(H,14,20)(H,15,21)(H,17,18). The highest BCUT2D eigenvalue weighted by Gasteiger charge is 2.22. The van der Waals surface area contributed by atoms with Gasteiger partial charge in [0.25, 0.3) is 11.8 Å². The topological polar surface area (TPSA) is 113 Å². The molecule has 2 rings (SSSR count). The Labute approximate surface area is 131 Å². The molecule has 0 spiro atoms. The van der Waals surface area contributed by atoms with Crippen molar-refractivity contribution >= 4 is 29.0 Å². The zero-order chi connectivity index (χ0) is 16.1. The van der Waals surface area contributed by atoms with Crippen molar-refractivity contribution in [2.45, 2.75) is 33.6 Å². The van der Waals surface area contributed by atoms with E-state index in [2.05, 4.69) is 30.4 Å². The van der Waals surface area contributed by atoms with E-state index >= 15 is 0 Å². The van der Waals surface area contributed by atoms with E-state index < -0.39 is 0 Å². The van der Waals surface area contributed by atoms with Crippen molar-refractivity contribution in [1.82, 2.24) is 25.1 Å². The first kappa shape index (κ1) is 16.1. The summed E-state index contributed by atoms with van der Waals surface area (Å²) in [5.41, 5.74) is 1.86. The van der Waals surface area contributed by atoms with Crippen molar-refractivity contribution < 1.29 is 9.59 Å². The second kappa shape index (κ2) is 7.12. The second-order valence-corrected chi connectivity index (χ2v) is 5.43. The van der Waals surface area contributed by atoms with Crippen molar-refractivity contribution in [3.8, 4) is 0 Å². The molecule has 0 atom stereocenters. The van der Waals surface area contributed by atoms with Crippen LogP contribution < -0.4 is 10.6 Å². The third kappa shape index (κ3) is 3.30. The highest BCUT2D eigenvalue weighted by molar-refractivity contribution is 7.08. The summed E-state index contributed by atoms with van der Waals surface area (Å²) in [6.07, 6.45) is 1.44. The van der Waals surface area contributed by atoms with Crippen LogP contribution in [0.2, 0.25) is 0 Å². The summed E-state index contributed by atoms with van der Waals surface area (Å²) in [6, 6.07) is 0. The van der Waals surface area contributed by atoms with Crippen LogP contribution in [0.3, 0.4) is 0 Å². The third-order valence-electron chi connectivity index (χ3n) is 3.04. The summed E-state index contributed by atoms with van der Waals surface area (Å²) in [7, 11) is 0. The molecule has 9 heteroatoms. The van der Waals surface area contributed by atoms with Crippen molar-refractivity contribution in [2.75, 3.05) is 11.9 Å². The predicted octanol–water partition coefficient (Wildman–Crippen LogP) is 1.52. The van der Waals surface area contributed by atoms with E-state index in [9.17, 15) is 9.59 Å². The number of amides is 2. The van der Waals surface area contributed by atoms with Crippen LogP contribution in [0.15, 0.2) is 0 Å². The van der Waals surface area contributed by atoms with Crippen molar-refractivity contribution in [3.05, 3.63) is 22.0 Å². The van der Waals surface area contributed by atoms with E-state index in [-0.39, 0.29) is 17.5 Å². The molecule has 0 aliphatic rings. The van der Waals surface area contributed by atoms with Gasteiger partial charge in [-0.05, 0) is 31.3 Å². The van der Waals surface area contributed by atoms with Gasteiger partial charge in [0.2, 0.25) is 0 Å². The first-order valence-corrected chi connectivity index (χ1v) is 7.81. The van der Waals surface area contributed by atoms with Crippen LogP contribution in [0.25, 0.3) is 0 Å². The molecule has 3 N–H and O–H groups in total. The van der Waals surface area contributed by atoms with Gasteiger partial charge >= 0.3 is 0 Å². The van der Waals surface area contributed by atoms with Gasteiger partial charge in [0.1, 0.15) is 4.88 Å². The average Bonchev–Trinajstić information content (AvgIpc) is 3.10. The highest BCUT2D eigenvalue weighted by Crippen LogP contribution is 2.21. The molecule has 8 nitrogen and oxygen atoms in total. The Morgan fingerprint density at radius 1 is 1.27 bits per heavy atom. The van der Waals surface area contributed by atoms with Crippen molar-refractivity contribution in [1.29, 1.82) is 0 Å². The van der Waals surface area contributed by atoms with E-state index in [1.54, 1.807) is 6.92 Å². The summed E-state index contributed by atoms with van der Waals surface area (Å²) in [5, 5.41) is 16.1. The van der Waals surface area contributed by atoms with E-state index in [0.717, 1.165) is 18.0 Å². The van der Waals surface area contributed by atoms with E-state index in [1.165, 1.54) is 0 Å². The van der Waals surface area contributed by atoms with Crippen LogP contribution in [0.4, 0.5) is 5.69 Å². The normalized spacial score (nSPS) is 10.5. The molecule has 0 saturated heterocycles. The number of nitrogens with one attached hydrogen (secondary N) is 3. The first-order valence-electron chi connectivity index (χ1n) is 7.04. The van der Waals surface area contributed by atoms with Gasteiger partial charge in [-0.15, -0.1) is 5.10 Å². The largest absolute Gasteiger partial charge is 0.351 e. The summed E-state index contributed by atoms with van der Waals surface area (Å²) >= 11 is 1.02. The van der Waals surface area contributed by atoms with Crippen LogP contribution in [-0.2, 0) is 6.42 Å². The number of H-pyrrole nitrogens is 1. The molecule has 0 aromatic carbocycles. The monoisotopic (exact) mass is 322 g/mol. The zero-order valence-corrected chi connectivity index (χ0v) is 13.5. The molecule has 2 heterocycles. The van der Waals surface area contributed by atoms with Crippen LogP contribution in [0, 0.1) is 6.92 Å². The summed E-state index contributed by atoms with van der Waals surface area (Å²) in [4.78, 5) is 24.8. The first-order chi connectivity index (χ1) is 10.6. The summed E-state index contributed by atoms with van der Waals surface area (Å²) in [6.45, 7) is 6.14. The quantitative estimate of drug-likeness (QED) is 0.746. The number of nitrogens with zero attached hydrogens (tertiary/aromatic N) is 3. The molecular formula is C13H18N6O2S. The fourth-order valence-corrected chi connectivity index (χ4v) is 2.42. The Balaban J connectivity index is 2.25. The minimum Gasteiger partial charge on any atom is -0.351 e. The molecular weight excluding hydrogens is 304 g/mol. The molecule has 118 valence electrons. The van der Waals surface area contributed by atoms with Gasteiger partial charge in [-0.25, -0.2) is 0 Å². The molecule has 0 aliphatic carbocycles. The lowest BCUT2D eigenvalue weighted by molar-refractivity contribution is 0.0949. The van der Waals surface area contributed by atoms with Crippen LogP contribution in [-0.4, -0.2) is 38.1 Å². The van der Waals surface area contributed by atoms with Crippen molar-refractivity contribution in [3.63, 3.8) is 0 Å². The van der Waals surface area contributed by atoms with E-state index in [0.29, 0.717) is 34.9 Å². The van der Waals surface area contributed by atoms with Crippen LogP contribution in [0.5, 0.6) is 0 Å². The number of carbonyl (C=O) groups excluding carboxylic acids is 2. The fourth-order valence-electron chi connectivity index (χ4n) is 1.87. The average molecular weight is 322 g/mol. The van der Waals surface area contributed by atoms with Crippen LogP contribution in [0.1, 0.15) is 51.8 Å². The minimum atomic E-state index is -0.340. The van der Waals surface area contributed by atoms with Gasteiger partial charge in [-0.3, -0.25) is 14.7 Å². The van der Waals surface area contributed by atoms with Crippen molar-refractivity contribution in [2.24, 2.45) is 0 Å². The number of anilines is 1. The number of aromatic nitrogens is 4. The highest BCUT2D eigenvalue weighted by atomic mass is 32.1. The Morgan fingerprint density at radius 3 is 2.64 bits per heavy atom. The number of hydrogen-bond acceptors (Lipinski definition) is 6. The Kier molecular flexibility index (Phi) is 5.21. The Hall–Kier alpha value is -2.29. The number of rotatable bonds is 6. The second-order valence-electron chi connectivity index (χ2n) is 4.68. The number of aromatic amines is 1. The lowest BCUT2D eigenvalue weighted by atomic mass is 10.2. The van der Waals surface area contributed by atoms with E-state index in [4.69, 9.17) is 0 Å². The minimum absolute atomic E-state index is 0.189. The molecule has 2 amide bonds. The van der Waals surface area contributed by atoms with Gasteiger partial charge in [0.05, 0.1) is 17.1 Å². The molecule has 2 aromatic rings. The SMILES string of the molecule is CCCNC(=O)c1n[nH]c(CC)c1NC(=O)c1snnc1C. The molecule has 0 fully saturated rings. The maximum atomic E-state index is 12.3. The number of hydrogen-bond donors (Lipinski definition) is 3. The molecule has 22 heavy (non-hydrogen) atoms. The zero-order valence-electron chi connectivity index (χ0n) is 12.7. The smallest absolute Gasteiger partial charge is 0.273 e. The molecule has 0 unspecified atom stereocenters. The third-order valence-corrected chi connectivity index (χ3v) is 3.87.